The van der Waals surface area contributed by atoms with Crippen LogP contribution in [-0.2, 0) is 14.8 Å². The van der Waals surface area contributed by atoms with Crippen molar-refractivity contribution in [3.05, 3.63) is 59.2 Å². The fraction of sp³-hybridized carbons (Fsp3) is 0.370. The number of thiophene rings is 1. The Morgan fingerprint density at radius 2 is 1.81 bits per heavy atom. The fourth-order valence-electron chi connectivity index (χ4n) is 5.49. The second-order valence-electron chi connectivity index (χ2n) is 9.62. The van der Waals surface area contributed by atoms with E-state index in [9.17, 15) is 13.2 Å². The van der Waals surface area contributed by atoms with Crippen molar-refractivity contribution in [1.82, 2.24) is 4.31 Å². The molecule has 0 bridgehead atoms. The van der Waals surface area contributed by atoms with Crippen LogP contribution in [0.3, 0.4) is 0 Å². The van der Waals surface area contributed by atoms with Crippen molar-refractivity contribution >= 4 is 44.4 Å². The van der Waals surface area contributed by atoms with Gasteiger partial charge in [0.25, 0.3) is 0 Å². The highest BCUT2D eigenvalue weighted by atomic mass is 32.2. The van der Waals surface area contributed by atoms with Crippen molar-refractivity contribution in [2.24, 2.45) is 5.92 Å². The average molecular weight is 544 g/mol. The molecule has 0 saturated heterocycles. The van der Waals surface area contributed by atoms with Crippen molar-refractivity contribution in [1.29, 1.82) is 0 Å². The number of nitrogen functional groups attached to an aromatic ring is 1. The van der Waals surface area contributed by atoms with Crippen LogP contribution in [0, 0.1) is 11.7 Å². The van der Waals surface area contributed by atoms with E-state index in [0.717, 1.165) is 49.1 Å². The summed E-state index contributed by atoms with van der Waals surface area (Å²) in [6.45, 7) is 0.425. The van der Waals surface area contributed by atoms with E-state index in [4.69, 9.17) is 10.5 Å². The summed E-state index contributed by atoms with van der Waals surface area (Å²) < 4.78 is 50.1. The second-order valence-corrected chi connectivity index (χ2v) is 12.6. The number of fused-ring (bicyclic) bond motifs is 1. The molecule has 10 heteroatoms. The molecule has 0 amide bonds. The van der Waals surface area contributed by atoms with Gasteiger partial charge in [-0.25, -0.2) is 17.6 Å². The van der Waals surface area contributed by atoms with Gasteiger partial charge in [0.15, 0.2) is 0 Å². The Hall–Kier alpha value is -2.95. The van der Waals surface area contributed by atoms with Crippen LogP contribution in [0.5, 0.6) is 0 Å². The van der Waals surface area contributed by atoms with Gasteiger partial charge in [0.1, 0.15) is 15.6 Å². The van der Waals surface area contributed by atoms with Gasteiger partial charge in [0.05, 0.1) is 18.5 Å². The number of carbonyl (C=O) groups excluding carboxylic acids is 1. The first-order valence-corrected chi connectivity index (χ1v) is 14.6. The van der Waals surface area contributed by atoms with Gasteiger partial charge < -0.3 is 15.4 Å². The van der Waals surface area contributed by atoms with E-state index in [-0.39, 0.29) is 33.0 Å². The van der Waals surface area contributed by atoms with Crippen LogP contribution in [0.2, 0.25) is 0 Å². The lowest BCUT2D eigenvalue weighted by molar-refractivity contribution is 0.0607. The van der Waals surface area contributed by atoms with Crippen LogP contribution in [-0.4, -0.2) is 45.4 Å². The summed E-state index contributed by atoms with van der Waals surface area (Å²) in [7, 11) is -1.08. The van der Waals surface area contributed by atoms with Gasteiger partial charge in [-0.2, -0.15) is 4.31 Å². The molecule has 2 N–H and O–H groups in total. The molecule has 1 saturated carbocycles. The topological polar surface area (TPSA) is 92.9 Å². The first kappa shape index (κ1) is 25.7. The Labute approximate surface area is 220 Å². The number of hydrogen-bond donors (Lipinski definition) is 1. The Morgan fingerprint density at radius 1 is 1.11 bits per heavy atom. The first-order valence-electron chi connectivity index (χ1n) is 12.3. The Kier molecular flexibility index (Phi) is 6.99. The van der Waals surface area contributed by atoms with E-state index in [0.29, 0.717) is 17.1 Å². The van der Waals surface area contributed by atoms with Gasteiger partial charge in [-0.3, -0.25) is 0 Å². The Balaban J connectivity index is 1.69. The number of para-hydroxylation sites is 1. The Bertz CT molecular complexity index is 1420. The molecule has 1 atom stereocenters. The summed E-state index contributed by atoms with van der Waals surface area (Å²) in [4.78, 5) is 14.5. The SMILES string of the molecule is COC(=O)c1sc(-c2cc3c(cc2F)N(c2ccccc2)C[C@@H](C2CCCCC2)N(C)S3(=O)=O)cc1N. The lowest BCUT2D eigenvalue weighted by Gasteiger charge is -2.36. The minimum absolute atomic E-state index is 0.0279. The number of esters is 1. The van der Waals surface area contributed by atoms with Crippen LogP contribution >= 0.6 is 11.3 Å². The number of benzene rings is 2. The molecule has 5 rings (SSSR count). The smallest absolute Gasteiger partial charge is 0.350 e. The number of anilines is 3. The van der Waals surface area contributed by atoms with Crippen LogP contribution in [0.1, 0.15) is 41.8 Å². The maximum absolute atomic E-state index is 15.7. The van der Waals surface area contributed by atoms with Crippen molar-refractivity contribution in [2.45, 2.75) is 43.0 Å². The average Bonchev–Trinajstić information content (AvgIpc) is 3.27. The number of carbonyl (C=O) groups is 1. The van der Waals surface area contributed by atoms with Crippen LogP contribution in [0.4, 0.5) is 21.5 Å². The highest BCUT2D eigenvalue weighted by Crippen LogP contribution is 2.44. The molecule has 2 aromatic carbocycles. The summed E-state index contributed by atoms with van der Waals surface area (Å²) in [5, 5.41) is 0. The number of halogens is 1. The third kappa shape index (κ3) is 4.62. The summed E-state index contributed by atoms with van der Waals surface area (Å²) in [6, 6.07) is 13.4. The van der Waals surface area contributed by atoms with Crippen LogP contribution in [0.15, 0.2) is 53.4 Å². The molecular weight excluding hydrogens is 513 g/mol. The van der Waals surface area contributed by atoms with E-state index >= 15 is 4.39 Å². The second kappa shape index (κ2) is 10.1. The zero-order chi connectivity index (χ0) is 26.3. The lowest BCUT2D eigenvalue weighted by Crippen LogP contribution is -2.46. The van der Waals surface area contributed by atoms with Crippen molar-refractivity contribution < 1.29 is 22.3 Å². The fourth-order valence-corrected chi connectivity index (χ4v) is 8.11. The van der Waals surface area contributed by atoms with Gasteiger partial charge in [-0.15, -0.1) is 11.3 Å². The number of nitrogens with two attached hydrogens (primary N) is 1. The number of ether oxygens (including phenoxy) is 1. The number of rotatable bonds is 4. The zero-order valence-corrected chi connectivity index (χ0v) is 22.4. The van der Waals surface area contributed by atoms with E-state index < -0.39 is 21.8 Å². The molecule has 1 fully saturated rings. The molecule has 37 heavy (non-hydrogen) atoms. The van der Waals surface area contributed by atoms with E-state index in [1.165, 1.54) is 29.6 Å². The highest BCUT2D eigenvalue weighted by molar-refractivity contribution is 7.89. The molecule has 1 aliphatic heterocycles. The quantitative estimate of drug-likeness (QED) is 0.428. The molecule has 3 aromatic rings. The molecule has 1 aliphatic carbocycles. The number of hydrogen-bond acceptors (Lipinski definition) is 7. The minimum Gasteiger partial charge on any atom is -0.465 e. The monoisotopic (exact) mass is 543 g/mol. The summed E-state index contributed by atoms with van der Waals surface area (Å²) in [5.41, 5.74) is 7.33. The number of likely N-dealkylation sites (N-methyl/N-ethyl adjacent to an activating group) is 1. The zero-order valence-electron chi connectivity index (χ0n) is 20.8. The van der Waals surface area contributed by atoms with E-state index in [2.05, 4.69) is 0 Å². The standard InChI is InChI=1S/C27H30FN3O4S2/c1-30-23(17-9-5-3-6-10-17)16-31(18-11-7-4-8-12-18)22-14-20(28)19(13-25(22)37(30,33)34)24-15-21(29)26(36-24)27(32)35-2/h4,7-8,11-15,17,23H,3,5-6,9-10,16,29H2,1-2H3/t23-/m0/s1. The summed E-state index contributed by atoms with van der Waals surface area (Å²) in [5.74, 6) is -0.994. The molecule has 0 radical (unpaired) electrons. The highest BCUT2D eigenvalue weighted by Gasteiger charge is 2.41. The molecule has 196 valence electrons. The minimum atomic E-state index is -3.96. The van der Waals surface area contributed by atoms with Crippen LogP contribution in [0.25, 0.3) is 10.4 Å². The third-order valence-corrected chi connectivity index (χ3v) is 10.6. The number of sulfonamides is 1. The van der Waals surface area contributed by atoms with Gasteiger partial charge >= 0.3 is 5.97 Å². The lowest BCUT2D eigenvalue weighted by atomic mass is 9.83. The predicted molar refractivity (Wildman–Crippen MR) is 144 cm³/mol. The molecule has 0 unspecified atom stereocenters. The van der Waals surface area contributed by atoms with Gasteiger partial charge in [0, 0.05) is 35.8 Å². The third-order valence-electron chi connectivity index (χ3n) is 7.49. The first-order chi connectivity index (χ1) is 17.7. The van der Waals surface area contributed by atoms with Gasteiger partial charge in [0.2, 0.25) is 10.0 Å². The largest absolute Gasteiger partial charge is 0.465 e. The maximum Gasteiger partial charge on any atom is 0.350 e. The molecule has 2 aliphatic rings. The van der Waals surface area contributed by atoms with Gasteiger partial charge in [-0.1, -0.05) is 37.5 Å². The summed E-state index contributed by atoms with van der Waals surface area (Å²) in [6.07, 6.45) is 5.25. The van der Waals surface area contributed by atoms with Gasteiger partial charge in [-0.05, 0) is 49.1 Å². The summed E-state index contributed by atoms with van der Waals surface area (Å²) >= 11 is 0.975. The maximum atomic E-state index is 15.7. The van der Waals surface area contributed by atoms with E-state index in [1.54, 1.807) is 7.05 Å². The van der Waals surface area contributed by atoms with Crippen molar-refractivity contribution in [3.8, 4) is 10.4 Å². The Morgan fingerprint density at radius 3 is 2.49 bits per heavy atom. The van der Waals surface area contributed by atoms with E-state index in [1.807, 2.05) is 35.2 Å². The molecule has 2 heterocycles. The van der Waals surface area contributed by atoms with Crippen molar-refractivity contribution in [2.75, 3.05) is 31.3 Å². The molecule has 0 spiro atoms. The number of methoxy groups -OCH3 is 1. The van der Waals surface area contributed by atoms with Crippen molar-refractivity contribution in [3.63, 3.8) is 0 Å². The molecule has 1 aromatic heterocycles. The number of nitrogens with zero attached hydrogens (tertiary/aromatic N) is 2. The molecule has 7 nitrogen and oxygen atoms in total. The molecular formula is C27H30FN3O4S2. The predicted octanol–water partition coefficient (Wildman–Crippen LogP) is 5.64. The van der Waals surface area contributed by atoms with Crippen LogP contribution < -0.4 is 10.6 Å². The normalized spacial score (nSPS) is 20.3.